The van der Waals surface area contributed by atoms with E-state index in [0.29, 0.717) is 36.5 Å². The van der Waals surface area contributed by atoms with Crippen molar-refractivity contribution in [2.45, 2.75) is 45.6 Å². The molecule has 2 aliphatic heterocycles. The molecule has 1 aromatic carbocycles. The molecule has 0 radical (unpaired) electrons. The van der Waals surface area contributed by atoms with Crippen LogP contribution < -0.4 is 5.32 Å². The number of carbonyl (C=O) groups excluding carboxylic acids is 2. The number of carbonyl (C=O) groups is 2. The lowest BCUT2D eigenvalue weighted by molar-refractivity contribution is 0.0152. The molecule has 0 saturated carbocycles. The number of aromatic nitrogens is 2. The molecule has 1 amide bonds. The van der Waals surface area contributed by atoms with E-state index < -0.39 is 5.97 Å². The van der Waals surface area contributed by atoms with Gasteiger partial charge in [-0.05, 0) is 49.3 Å². The molecule has 0 aliphatic carbocycles. The van der Waals surface area contributed by atoms with Crippen LogP contribution in [0, 0.1) is 5.41 Å². The first-order chi connectivity index (χ1) is 15.0. The first-order valence-corrected chi connectivity index (χ1v) is 11.3. The highest BCUT2D eigenvalue weighted by atomic mass is 35.5. The lowest BCUT2D eigenvalue weighted by atomic mass is 9.76. The highest BCUT2D eigenvalue weighted by Gasteiger charge is 2.39. The fraction of sp³-hybridized carbons (Fsp3) is 0.522. The van der Waals surface area contributed by atoms with Crippen molar-refractivity contribution in [3.05, 3.63) is 51.8 Å². The monoisotopic (exact) mass is 445 g/mol. The van der Waals surface area contributed by atoms with Crippen LogP contribution >= 0.6 is 11.6 Å². The van der Waals surface area contributed by atoms with E-state index >= 15 is 0 Å². The lowest BCUT2D eigenvalue weighted by Crippen LogP contribution is -2.40. The molecular formula is C23H28ClN3O4. The van der Waals surface area contributed by atoms with Crippen molar-refractivity contribution in [1.82, 2.24) is 15.1 Å². The van der Waals surface area contributed by atoms with Gasteiger partial charge in [0.05, 0.1) is 29.1 Å². The van der Waals surface area contributed by atoms with E-state index in [0.717, 1.165) is 49.4 Å². The third kappa shape index (κ3) is 4.77. The van der Waals surface area contributed by atoms with Crippen LogP contribution in [-0.2, 0) is 28.9 Å². The van der Waals surface area contributed by atoms with Gasteiger partial charge >= 0.3 is 5.97 Å². The summed E-state index contributed by atoms with van der Waals surface area (Å²) in [6.45, 7) is 4.99. The molecule has 1 fully saturated rings. The molecule has 166 valence electrons. The summed E-state index contributed by atoms with van der Waals surface area (Å²) in [5.74, 6) is -0.426. The number of hydrogen-bond donors (Lipinski definition) is 1. The number of fused-ring (bicyclic) bond motifs is 1. The number of halogens is 1. The van der Waals surface area contributed by atoms with Crippen LogP contribution in [0.1, 0.15) is 58.3 Å². The van der Waals surface area contributed by atoms with Gasteiger partial charge in [-0.3, -0.25) is 9.48 Å². The molecule has 0 bridgehead atoms. The summed E-state index contributed by atoms with van der Waals surface area (Å²) in [4.78, 5) is 25.1. The van der Waals surface area contributed by atoms with Gasteiger partial charge in [-0.1, -0.05) is 24.6 Å². The molecule has 31 heavy (non-hydrogen) atoms. The van der Waals surface area contributed by atoms with E-state index in [9.17, 15) is 9.59 Å². The minimum absolute atomic E-state index is 0.0149. The number of ether oxygens (including phenoxy) is 2. The van der Waals surface area contributed by atoms with Crippen LogP contribution in [0.4, 0.5) is 0 Å². The molecule has 1 N–H and O–H groups in total. The van der Waals surface area contributed by atoms with Gasteiger partial charge in [0.1, 0.15) is 0 Å². The average Bonchev–Trinajstić information content (AvgIpc) is 3.05. The molecule has 7 nitrogen and oxygen atoms in total. The van der Waals surface area contributed by atoms with Crippen LogP contribution in [0.2, 0.25) is 5.02 Å². The Kier molecular flexibility index (Phi) is 6.62. The van der Waals surface area contributed by atoms with Gasteiger partial charge in [-0.15, -0.1) is 0 Å². The van der Waals surface area contributed by atoms with Gasteiger partial charge in [0.2, 0.25) is 0 Å². The second-order valence-electron chi connectivity index (χ2n) is 8.32. The van der Waals surface area contributed by atoms with Crippen molar-refractivity contribution in [2.75, 3.05) is 26.4 Å². The number of rotatable bonds is 6. The first kappa shape index (κ1) is 21.8. The lowest BCUT2D eigenvalue weighted by Gasteiger charge is -2.36. The van der Waals surface area contributed by atoms with Crippen LogP contribution in [0.5, 0.6) is 0 Å². The van der Waals surface area contributed by atoms with Gasteiger partial charge in [-0.2, -0.15) is 5.10 Å². The molecule has 0 unspecified atom stereocenters. The van der Waals surface area contributed by atoms with Crippen molar-refractivity contribution in [3.8, 4) is 0 Å². The van der Waals surface area contributed by atoms with Gasteiger partial charge in [0, 0.05) is 37.7 Å². The molecule has 0 atom stereocenters. The quantitative estimate of drug-likeness (QED) is 0.544. The Morgan fingerprint density at radius 2 is 2.16 bits per heavy atom. The van der Waals surface area contributed by atoms with E-state index in [2.05, 4.69) is 5.32 Å². The summed E-state index contributed by atoms with van der Waals surface area (Å²) in [6.07, 6.45) is 3.97. The summed E-state index contributed by atoms with van der Waals surface area (Å²) in [5, 5.41) is 8.36. The van der Waals surface area contributed by atoms with Gasteiger partial charge < -0.3 is 14.8 Å². The zero-order chi connectivity index (χ0) is 21.8. The maximum Gasteiger partial charge on any atom is 0.338 e. The predicted molar refractivity (Wildman–Crippen MR) is 116 cm³/mol. The number of nitrogens with one attached hydrogen (secondary N) is 1. The second-order valence-corrected chi connectivity index (χ2v) is 8.75. The third-order valence-electron chi connectivity index (χ3n) is 6.22. The minimum atomic E-state index is -0.392. The standard InChI is InChI=1S/C23H28ClN3O4/c1-2-18-20-19(14-23(15-25-21(20)28)7-11-30-12-8-23)27(26-18)9-4-10-31-22(29)16-5-3-6-17(24)13-16/h3,5-6,13H,2,4,7-12,14-15H2,1H3,(H,25,28). The molecule has 1 aromatic heterocycles. The van der Waals surface area contributed by atoms with E-state index in [4.69, 9.17) is 26.2 Å². The molecule has 8 heteroatoms. The fourth-order valence-corrected chi connectivity index (χ4v) is 4.63. The normalized spacial score (nSPS) is 17.7. The smallest absolute Gasteiger partial charge is 0.338 e. The Morgan fingerprint density at radius 3 is 2.90 bits per heavy atom. The molecule has 4 rings (SSSR count). The topological polar surface area (TPSA) is 82.5 Å². The molecule has 1 spiro atoms. The Morgan fingerprint density at radius 1 is 1.35 bits per heavy atom. The minimum Gasteiger partial charge on any atom is -0.462 e. The van der Waals surface area contributed by atoms with Gasteiger partial charge in [0.25, 0.3) is 5.91 Å². The Balaban J connectivity index is 1.45. The van der Waals surface area contributed by atoms with Crippen LogP contribution in [0.3, 0.4) is 0 Å². The maximum absolute atomic E-state index is 12.9. The molecule has 2 aliphatic rings. The summed E-state index contributed by atoms with van der Waals surface area (Å²) in [6, 6.07) is 6.72. The van der Waals surface area contributed by atoms with E-state index in [1.165, 1.54) is 0 Å². The fourth-order valence-electron chi connectivity index (χ4n) is 4.44. The van der Waals surface area contributed by atoms with Crippen molar-refractivity contribution < 1.29 is 19.1 Å². The summed E-state index contributed by atoms with van der Waals surface area (Å²) < 4.78 is 12.9. The highest BCUT2D eigenvalue weighted by Crippen LogP contribution is 2.37. The summed E-state index contributed by atoms with van der Waals surface area (Å²) in [5.41, 5.74) is 3.00. The Bertz CT molecular complexity index is 966. The van der Waals surface area contributed by atoms with Crippen molar-refractivity contribution >= 4 is 23.5 Å². The van der Waals surface area contributed by atoms with Crippen LogP contribution in [-0.4, -0.2) is 48.0 Å². The zero-order valence-corrected chi connectivity index (χ0v) is 18.5. The number of nitrogens with zero attached hydrogens (tertiary/aromatic N) is 2. The number of esters is 1. The maximum atomic E-state index is 12.9. The number of aryl methyl sites for hydroxylation is 2. The SMILES string of the molecule is CCc1nn(CCCOC(=O)c2cccc(Cl)c2)c2c1C(=O)NCC1(CCOCC1)C2. The average molecular weight is 446 g/mol. The van der Waals surface area contributed by atoms with Crippen molar-refractivity contribution in [2.24, 2.45) is 5.41 Å². The van der Waals surface area contributed by atoms with Crippen molar-refractivity contribution in [1.29, 1.82) is 0 Å². The van der Waals surface area contributed by atoms with Gasteiger partial charge in [-0.25, -0.2) is 4.79 Å². The molecule has 1 saturated heterocycles. The molecule has 3 heterocycles. The van der Waals surface area contributed by atoms with E-state index in [1.54, 1.807) is 24.3 Å². The summed E-state index contributed by atoms with van der Waals surface area (Å²) in [7, 11) is 0. The predicted octanol–water partition coefficient (Wildman–Crippen LogP) is 3.43. The van der Waals surface area contributed by atoms with Crippen molar-refractivity contribution in [3.63, 3.8) is 0 Å². The van der Waals surface area contributed by atoms with Crippen LogP contribution in [0.25, 0.3) is 0 Å². The molecule has 2 aromatic rings. The summed E-state index contributed by atoms with van der Waals surface area (Å²) >= 11 is 5.94. The second kappa shape index (κ2) is 9.40. The number of amides is 1. The van der Waals surface area contributed by atoms with E-state index in [-0.39, 0.29) is 17.9 Å². The Hall–Kier alpha value is -2.38. The van der Waals surface area contributed by atoms with E-state index in [1.807, 2.05) is 11.6 Å². The number of hydrogen-bond acceptors (Lipinski definition) is 5. The first-order valence-electron chi connectivity index (χ1n) is 10.9. The Labute approximate surface area is 187 Å². The largest absolute Gasteiger partial charge is 0.462 e. The molecular weight excluding hydrogens is 418 g/mol. The third-order valence-corrected chi connectivity index (χ3v) is 6.45. The zero-order valence-electron chi connectivity index (χ0n) is 17.8. The van der Waals surface area contributed by atoms with Gasteiger partial charge in [0.15, 0.2) is 0 Å². The van der Waals surface area contributed by atoms with Crippen LogP contribution in [0.15, 0.2) is 24.3 Å². The highest BCUT2D eigenvalue weighted by molar-refractivity contribution is 6.30. The number of benzene rings is 1.